The number of rotatable bonds is 6. The Kier molecular flexibility index (Phi) is 5.47. The Morgan fingerprint density at radius 1 is 0.952 bits per heavy atom. The Morgan fingerprint density at radius 2 is 1.57 bits per heavy atom. The molecule has 0 heterocycles. The molecule has 0 aromatic heterocycles. The van der Waals surface area contributed by atoms with E-state index in [1.54, 1.807) is 14.2 Å². The largest absolute Gasteiger partial charge is 0.496 e. The molecule has 0 aliphatic carbocycles. The molecule has 0 radical (unpaired) electrons. The summed E-state index contributed by atoms with van der Waals surface area (Å²) < 4.78 is 17.5. The van der Waals surface area contributed by atoms with Crippen LogP contribution in [0.4, 0.5) is 0 Å². The van der Waals surface area contributed by atoms with Crippen LogP contribution < -0.4 is 19.5 Å². The summed E-state index contributed by atoms with van der Waals surface area (Å²) in [5, 5.41) is 3.13. The van der Waals surface area contributed by atoms with Crippen LogP contribution in [0.5, 0.6) is 23.0 Å². The standard InChI is InChI=1S/C16H18BrNO3/c1-18-10-11-6-12(17)4-5-16(11)21-15-8-13(19-2)7-14(9-15)20-3/h4-9,18H,10H2,1-3H3. The summed E-state index contributed by atoms with van der Waals surface area (Å²) in [4.78, 5) is 0. The molecule has 0 amide bonds. The molecule has 0 unspecified atom stereocenters. The summed E-state index contributed by atoms with van der Waals surface area (Å²) in [6.45, 7) is 0.718. The molecular formula is C16H18BrNO3. The van der Waals surface area contributed by atoms with Gasteiger partial charge in [-0.3, -0.25) is 0 Å². The van der Waals surface area contributed by atoms with Crippen LogP contribution in [-0.2, 0) is 6.54 Å². The van der Waals surface area contributed by atoms with Gasteiger partial charge in [-0.1, -0.05) is 15.9 Å². The van der Waals surface area contributed by atoms with Gasteiger partial charge in [0.1, 0.15) is 23.0 Å². The van der Waals surface area contributed by atoms with Crippen molar-refractivity contribution in [3.63, 3.8) is 0 Å². The first-order valence-electron chi connectivity index (χ1n) is 6.50. The van der Waals surface area contributed by atoms with Crippen LogP contribution in [0.25, 0.3) is 0 Å². The molecule has 5 heteroatoms. The molecule has 0 saturated heterocycles. The molecule has 0 spiro atoms. The van der Waals surface area contributed by atoms with Crippen molar-refractivity contribution in [2.24, 2.45) is 0 Å². The molecule has 2 aromatic carbocycles. The monoisotopic (exact) mass is 351 g/mol. The molecule has 0 bridgehead atoms. The lowest BCUT2D eigenvalue weighted by molar-refractivity contribution is 0.386. The van der Waals surface area contributed by atoms with Gasteiger partial charge in [-0.15, -0.1) is 0 Å². The fourth-order valence-corrected chi connectivity index (χ4v) is 2.35. The van der Waals surface area contributed by atoms with Gasteiger partial charge >= 0.3 is 0 Å². The van der Waals surface area contributed by atoms with Crippen molar-refractivity contribution in [1.29, 1.82) is 0 Å². The summed E-state index contributed by atoms with van der Waals surface area (Å²) in [5.41, 5.74) is 1.06. The predicted molar refractivity (Wildman–Crippen MR) is 86.5 cm³/mol. The van der Waals surface area contributed by atoms with E-state index in [9.17, 15) is 0 Å². The molecule has 0 aliphatic rings. The van der Waals surface area contributed by atoms with Gasteiger partial charge in [-0.2, -0.15) is 0 Å². The van der Waals surface area contributed by atoms with Gasteiger partial charge in [0.05, 0.1) is 14.2 Å². The zero-order valence-corrected chi connectivity index (χ0v) is 13.9. The lowest BCUT2D eigenvalue weighted by Crippen LogP contribution is -2.06. The van der Waals surface area contributed by atoms with E-state index in [1.807, 2.05) is 43.4 Å². The SMILES string of the molecule is CNCc1cc(Br)ccc1Oc1cc(OC)cc(OC)c1. The summed E-state index contributed by atoms with van der Waals surface area (Å²) in [6.07, 6.45) is 0. The van der Waals surface area contributed by atoms with Crippen molar-refractivity contribution >= 4 is 15.9 Å². The van der Waals surface area contributed by atoms with Crippen LogP contribution in [0, 0.1) is 0 Å². The zero-order chi connectivity index (χ0) is 15.2. The molecule has 21 heavy (non-hydrogen) atoms. The van der Waals surface area contributed by atoms with Gasteiger partial charge in [-0.05, 0) is 25.2 Å². The maximum atomic E-state index is 5.98. The van der Waals surface area contributed by atoms with E-state index >= 15 is 0 Å². The highest BCUT2D eigenvalue weighted by atomic mass is 79.9. The van der Waals surface area contributed by atoms with Crippen molar-refractivity contribution in [3.8, 4) is 23.0 Å². The first kappa shape index (κ1) is 15.7. The molecule has 2 aromatic rings. The van der Waals surface area contributed by atoms with Crippen molar-refractivity contribution < 1.29 is 14.2 Å². The molecule has 112 valence electrons. The van der Waals surface area contributed by atoms with E-state index in [1.165, 1.54) is 0 Å². The van der Waals surface area contributed by atoms with Gasteiger partial charge in [0.2, 0.25) is 0 Å². The Labute approximate surface area is 133 Å². The number of methoxy groups -OCH3 is 2. The summed E-state index contributed by atoms with van der Waals surface area (Å²) in [7, 11) is 5.13. The minimum Gasteiger partial charge on any atom is -0.496 e. The van der Waals surface area contributed by atoms with Gasteiger partial charge in [0, 0.05) is 34.8 Å². The molecule has 0 atom stereocenters. The van der Waals surface area contributed by atoms with Gasteiger partial charge in [-0.25, -0.2) is 0 Å². The van der Waals surface area contributed by atoms with Crippen LogP contribution in [0.15, 0.2) is 40.9 Å². The Balaban J connectivity index is 2.33. The third-order valence-electron chi connectivity index (χ3n) is 2.94. The number of benzene rings is 2. The van der Waals surface area contributed by atoms with Gasteiger partial charge in [0.25, 0.3) is 0 Å². The normalized spacial score (nSPS) is 10.3. The molecule has 0 fully saturated rings. The molecule has 2 rings (SSSR count). The third-order valence-corrected chi connectivity index (χ3v) is 3.44. The average molecular weight is 352 g/mol. The van der Waals surface area contributed by atoms with E-state index in [0.717, 1.165) is 22.3 Å². The smallest absolute Gasteiger partial charge is 0.134 e. The number of hydrogen-bond donors (Lipinski definition) is 1. The van der Waals surface area contributed by atoms with Crippen molar-refractivity contribution in [2.45, 2.75) is 6.54 Å². The topological polar surface area (TPSA) is 39.7 Å². The molecule has 1 N–H and O–H groups in total. The Morgan fingerprint density at radius 3 is 2.14 bits per heavy atom. The van der Waals surface area contributed by atoms with E-state index < -0.39 is 0 Å². The second-order valence-corrected chi connectivity index (χ2v) is 5.35. The Bertz CT molecular complexity index is 594. The molecule has 0 saturated carbocycles. The zero-order valence-electron chi connectivity index (χ0n) is 12.3. The van der Waals surface area contributed by atoms with E-state index in [2.05, 4.69) is 21.2 Å². The fraction of sp³-hybridized carbons (Fsp3) is 0.250. The second-order valence-electron chi connectivity index (χ2n) is 4.43. The van der Waals surface area contributed by atoms with Crippen molar-refractivity contribution in [3.05, 3.63) is 46.4 Å². The fourth-order valence-electron chi connectivity index (χ4n) is 1.94. The number of halogens is 1. The molecule has 0 aliphatic heterocycles. The quantitative estimate of drug-likeness (QED) is 0.854. The van der Waals surface area contributed by atoms with Crippen LogP contribution in [0.2, 0.25) is 0 Å². The van der Waals surface area contributed by atoms with Crippen LogP contribution >= 0.6 is 15.9 Å². The molecular weight excluding hydrogens is 334 g/mol. The number of nitrogens with one attached hydrogen (secondary N) is 1. The van der Waals surface area contributed by atoms with Crippen LogP contribution in [-0.4, -0.2) is 21.3 Å². The highest BCUT2D eigenvalue weighted by Gasteiger charge is 2.08. The first-order chi connectivity index (χ1) is 10.2. The van der Waals surface area contributed by atoms with Gasteiger partial charge < -0.3 is 19.5 Å². The number of hydrogen-bond acceptors (Lipinski definition) is 4. The third kappa shape index (κ3) is 4.12. The summed E-state index contributed by atoms with van der Waals surface area (Å²) >= 11 is 3.47. The van der Waals surface area contributed by atoms with Crippen LogP contribution in [0.1, 0.15) is 5.56 Å². The van der Waals surface area contributed by atoms with Crippen molar-refractivity contribution in [2.75, 3.05) is 21.3 Å². The highest BCUT2D eigenvalue weighted by Crippen LogP contribution is 2.33. The lowest BCUT2D eigenvalue weighted by atomic mass is 10.2. The maximum absolute atomic E-state index is 5.98. The summed E-state index contributed by atoms with van der Waals surface area (Å²) in [5.74, 6) is 2.85. The first-order valence-corrected chi connectivity index (χ1v) is 7.29. The predicted octanol–water partition coefficient (Wildman–Crippen LogP) is 3.98. The maximum Gasteiger partial charge on any atom is 0.134 e. The number of ether oxygens (including phenoxy) is 3. The van der Waals surface area contributed by atoms with Crippen LogP contribution in [0.3, 0.4) is 0 Å². The minimum atomic E-state index is 0.672. The van der Waals surface area contributed by atoms with E-state index in [4.69, 9.17) is 14.2 Å². The molecule has 4 nitrogen and oxygen atoms in total. The highest BCUT2D eigenvalue weighted by molar-refractivity contribution is 9.10. The second kappa shape index (κ2) is 7.33. The van der Waals surface area contributed by atoms with Crippen molar-refractivity contribution in [1.82, 2.24) is 5.32 Å². The van der Waals surface area contributed by atoms with Gasteiger partial charge in [0.15, 0.2) is 0 Å². The van der Waals surface area contributed by atoms with E-state index in [0.29, 0.717) is 17.2 Å². The summed E-state index contributed by atoms with van der Waals surface area (Å²) in [6, 6.07) is 11.4. The average Bonchev–Trinajstić information content (AvgIpc) is 2.50. The Hall–Kier alpha value is -1.72. The minimum absolute atomic E-state index is 0.672. The lowest BCUT2D eigenvalue weighted by Gasteiger charge is -2.13. The van der Waals surface area contributed by atoms with E-state index in [-0.39, 0.29) is 0 Å².